The van der Waals surface area contributed by atoms with Crippen molar-refractivity contribution >= 4 is 35.2 Å². The summed E-state index contributed by atoms with van der Waals surface area (Å²) < 4.78 is 10.2. The molecule has 8 nitrogen and oxygen atoms in total. The predicted octanol–water partition coefficient (Wildman–Crippen LogP) is 5.18. The first-order valence-electron chi connectivity index (χ1n) is 15.3. The Morgan fingerprint density at radius 3 is 2.50 bits per heavy atom. The lowest BCUT2D eigenvalue weighted by Gasteiger charge is -2.42. The van der Waals surface area contributed by atoms with Crippen LogP contribution in [0.4, 0.5) is 5.69 Å². The van der Waals surface area contributed by atoms with Gasteiger partial charge in [-0.05, 0) is 61.4 Å². The lowest BCUT2D eigenvalue weighted by molar-refractivity contribution is -0.155. The Kier molecular flexibility index (Phi) is 9.85. The fourth-order valence-electron chi connectivity index (χ4n) is 7.39. The Morgan fingerprint density at radius 2 is 1.86 bits per heavy atom. The van der Waals surface area contributed by atoms with Crippen LogP contribution in [0, 0.1) is 17.8 Å². The summed E-state index contributed by atoms with van der Waals surface area (Å²) in [5, 5.41) is 10.6. The molecule has 3 aliphatic heterocycles. The van der Waals surface area contributed by atoms with Gasteiger partial charge in [-0.3, -0.25) is 14.4 Å². The van der Waals surface area contributed by atoms with Crippen LogP contribution in [-0.4, -0.2) is 70.7 Å². The number of anilines is 1. The van der Waals surface area contributed by atoms with Crippen molar-refractivity contribution in [2.24, 2.45) is 17.8 Å². The normalized spacial score (nSPS) is 27.5. The monoisotopic (exact) mass is 618 g/mol. The Labute approximate surface area is 264 Å². The SMILES string of the molecule is C=CCCCCOC(=O)[C@@H]1[C@H]2C(=O)N([C@H](CO)c3ccccc3)C(C(=O)N(CC=C)c3ccc(OC)cc3)C23S[C@@H]1CC3C. The number of nitrogens with zero attached hydrogens (tertiary/aromatic N) is 2. The summed E-state index contributed by atoms with van der Waals surface area (Å²) in [6.45, 7) is 9.86. The van der Waals surface area contributed by atoms with E-state index in [1.807, 2.05) is 48.5 Å². The van der Waals surface area contributed by atoms with Crippen LogP contribution in [0.25, 0.3) is 0 Å². The van der Waals surface area contributed by atoms with Crippen molar-refractivity contribution in [3.8, 4) is 5.75 Å². The van der Waals surface area contributed by atoms with Crippen molar-refractivity contribution < 1.29 is 29.0 Å². The third-order valence-corrected chi connectivity index (χ3v) is 11.5. The van der Waals surface area contributed by atoms with Crippen LogP contribution in [0.1, 0.15) is 44.2 Å². The van der Waals surface area contributed by atoms with Crippen molar-refractivity contribution in [2.45, 2.75) is 54.7 Å². The number of ether oxygens (including phenoxy) is 2. The first kappa shape index (κ1) is 31.9. The van der Waals surface area contributed by atoms with E-state index < -0.39 is 28.7 Å². The quantitative estimate of drug-likeness (QED) is 0.177. The number of esters is 1. The van der Waals surface area contributed by atoms with E-state index in [4.69, 9.17) is 9.47 Å². The second-order valence-electron chi connectivity index (χ2n) is 11.8. The van der Waals surface area contributed by atoms with Crippen LogP contribution < -0.4 is 9.64 Å². The molecule has 5 rings (SSSR count). The van der Waals surface area contributed by atoms with Gasteiger partial charge in [-0.2, -0.15) is 0 Å². The van der Waals surface area contributed by atoms with E-state index in [1.54, 1.807) is 46.9 Å². The van der Waals surface area contributed by atoms with Gasteiger partial charge in [-0.25, -0.2) is 0 Å². The van der Waals surface area contributed by atoms with E-state index in [0.717, 1.165) is 18.4 Å². The molecule has 2 amide bonds. The maximum Gasteiger partial charge on any atom is 0.310 e. The van der Waals surface area contributed by atoms with Crippen LogP contribution in [0.5, 0.6) is 5.75 Å². The molecule has 3 unspecified atom stereocenters. The highest BCUT2D eigenvalue weighted by Crippen LogP contribution is 2.69. The molecular formula is C35H42N2O6S. The van der Waals surface area contributed by atoms with Gasteiger partial charge in [0.15, 0.2) is 0 Å². The van der Waals surface area contributed by atoms with Gasteiger partial charge in [0.25, 0.3) is 5.91 Å². The van der Waals surface area contributed by atoms with Crippen molar-refractivity contribution in [3.63, 3.8) is 0 Å². The van der Waals surface area contributed by atoms with E-state index in [-0.39, 0.29) is 48.7 Å². The number of amides is 2. The van der Waals surface area contributed by atoms with Crippen LogP contribution in [0.2, 0.25) is 0 Å². The third kappa shape index (κ3) is 5.45. The third-order valence-electron chi connectivity index (χ3n) is 9.39. The number of aliphatic hydroxyl groups is 1. The largest absolute Gasteiger partial charge is 0.497 e. The highest BCUT2D eigenvalue weighted by atomic mass is 32.2. The average molecular weight is 619 g/mol. The Hall–Kier alpha value is -3.56. The maximum absolute atomic E-state index is 15.0. The Morgan fingerprint density at radius 1 is 1.14 bits per heavy atom. The number of thioether (sulfide) groups is 1. The first-order chi connectivity index (χ1) is 21.3. The number of methoxy groups -OCH3 is 1. The van der Waals surface area contributed by atoms with Crippen LogP contribution >= 0.6 is 11.8 Å². The smallest absolute Gasteiger partial charge is 0.310 e. The number of fused-ring (bicyclic) bond motifs is 1. The van der Waals surface area contributed by atoms with E-state index >= 15 is 0 Å². The Balaban J connectivity index is 1.58. The summed E-state index contributed by atoms with van der Waals surface area (Å²) in [6, 6.07) is 14.8. The van der Waals surface area contributed by atoms with Crippen molar-refractivity contribution in [1.82, 2.24) is 4.90 Å². The molecule has 2 aromatic carbocycles. The average Bonchev–Trinajstić information content (AvgIpc) is 3.64. The zero-order valence-electron chi connectivity index (χ0n) is 25.5. The number of rotatable bonds is 14. The van der Waals surface area contributed by atoms with Crippen LogP contribution in [-0.2, 0) is 19.1 Å². The standard InChI is InChI=1S/C35H42N2O6S/c1-5-7-8-12-20-43-34(41)29-28-21-23(3)35(44-28)30(29)32(39)37(27(22-38)24-13-10-9-11-14-24)31(35)33(40)36(19-6-2)25-15-17-26(42-4)18-16-25/h5-6,9-11,13-18,23,27-31,38H,1-2,7-8,12,19-22H2,3-4H3/t23?,27-,28-,29+,30+,31?,35?/m1/s1. The molecule has 0 saturated carbocycles. The molecule has 0 aliphatic carbocycles. The van der Waals surface area contributed by atoms with Gasteiger partial charge in [-0.1, -0.05) is 49.4 Å². The van der Waals surface area contributed by atoms with Gasteiger partial charge in [0, 0.05) is 17.5 Å². The molecule has 1 spiro atoms. The van der Waals surface area contributed by atoms with E-state index in [0.29, 0.717) is 24.3 Å². The van der Waals surface area contributed by atoms with E-state index in [9.17, 15) is 19.5 Å². The summed E-state index contributed by atoms with van der Waals surface area (Å²) in [4.78, 5) is 46.6. The topological polar surface area (TPSA) is 96.4 Å². The molecule has 234 valence electrons. The summed E-state index contributed by atoms with van der Waals surface area (Å²) in [7, 11) is 1.58. The first-order valence-corrected chi connectivity index (χ1v) is 16.2. The highest BCUT2D eigenvalue weighted by molar-refractivity contribution is 8.02. The maximum atomic E-state index is 15.0. The van der Waals surface area contributed by atoms with Gasteiger partial charge >= 0.3 is 5.97 Å². The summed E-state index contributed by atoms with van der Waals surface area (Å²) in [6.07, 6.45) is 6.63. The lowest BCUT2D eigenvalue weighted by atomic mass is 9.66. The van der Waals surface area contributed by atoms with Crippen molar-refractivity contribution in [1.29, 1.82) is 0 Å². The summed E-state index contributed by atoms with van der Waals surface area (Å²) >= 11 is 1.59. The number of likely N-dealkylation sites (tertiary alicyclic amines) is 1. The molecule has 3 saturated heterocycles. The number of hydrogen-bond acceptors (Lipinski definition) is 7. The van der Waals surface area contributed by atoms with Gasteiger partial charge in [0.05, 0.1) is 42.9 Å². The molecule has 7 atom stereocenters. The Bertz CT molecular complexity index is 1370. The van der Waals surface area contributed by atoms with Crippen molar-refractivity contribution in [3.05, 3.63) is 85.5 Å². The highest BCUT2D eigenvalue weighted by Gasteiger charge is 2.77. The van der Waals surface area contributed by atoms with Gasteiger partial charge in [-0.15, -0.1) is 24.9 Å². The molecule has 0 radical (unpaired) electrons. The number of carbonyl (C=O) groups is 3. The molecule has 2 aromatic rings. The van der Waals surface area contributed by atoms with E-state index in [1.165, 1.54) is 0 Å². The zero-order chi connectivity index (χ0) is 31.4. The second-order valence-corrected chi connectivity index (χ2v) is 13.3. The summed E-state index contributed by atoms with van der Waals surface area (Å²) in [5.41, 5.74) is 1.37. The van der Waals surface area contributed by atoms with Gasteiger partial charge in [0.2, 0.25) is 5.91 Å². The molecule has 1 N–H and O–H groups in total. The van der Waals surface area contributed by atoms with Crippen molar-refractivity contribution in [2.75, 3.05) is 31.8 Å². The van der Waals surface area contributed by atoms with Crippen LogP contribution in [0.15, 0.2) is 79.9 Å². The van der Waals surface area contributed by atoms with E-state index in [2.05, 4.69) is 20.1 Å². The molecule has 9 heteroatoms. The fourth-order valence-corrected chi connectivity index (χ4v) is 9.78. The molecule has 44 heavy (non-hydrogen) atoms. The predicted molar refractivity (Wildman–Crippen MR) is 172 cm³/mol. The fraction of sp³-hybridized carbons (Fsp3) is 0.457. The minimum Gasteiger partial charge on any atom is -0.497 e. The minimum absolute atomic E-state index is 0.0291. The second kappa shape index (κ2) is 13.6. The zero-order valence-corrected chi connectivity index (χ0v) is 26.3. The number of benzene rings is 2. The molecule has 3 fully saturated rings. The molecule has 2 bridgehead atoms. The lowest BCUT2D eigenvalue weighted by Crippen LogP contribution is -2.58. The van der Waals surface area contributed by atoms with Gasteiger partial charge < -0.3 is 24.4 Å². The van der Waals surface area contributed by atoms with Crippen LogP contribution in [0.3, 0.4) is 0 Å². The van der Waals surface area contributed by atoms with Gasteiger partial charge in [0.1, 0.15) is 11.8 Å². The minimum atomic E-state index is -0.921. The number of hydrogen-bond donors (Lipinski definition) is 1. The molecule has 0 aromatic heterocycles. The molecule has 3 aliphatic rings. The number of aliphatic hydroxyl groups excluding tert-OH is 1. The molecular weight excluding hydrogens is 576 g/mol. The summed E-state index contributed by atoms with van der Waals surface area (Å²) in [5.74, 6) is -1.70. The number of carbonyl (C=O) groups excluding carboxylic acids is 3. The molecule has 3 heterocycles. The number of allylic oxidation sites excluding steroid dienone is 1. The number of unbranched alkanes of at least 4 members (excludes halogenated alkanes) is 2.